The summed E-state index contributed by atoms with van der Waals surface area (Å²) in [5.74, 6) is -1.32. The monoisotopic (exact) mass is 454 g/mol. The number of benzene rings is 2. The Kier molecular flexibility index (Phi) is 9.40. The van der Waals surface area contributed by atoms with Crippen molar-refractivity contribution in [3.8, 4) is 5.75 Å². The summed E-state index contributed by atoms with van der Waals surface area (Å²) in [6, 6.07) is 10.1. The molecule has 1 N–H and O–H groups in total. The van der Waals surface area contributed by atoms with Crippen LogP contribution < -0.4 is 10.1 Å². The van der Waals surface area contributed by atoms with Gasteiger partial charge in [0.25, 0.3) is 5.91 Å². The molecule has 30 heavy (non-hydrogen) atoms. The molecule has 0 saturated carbocycles. The fraction of sp³-hybridized carbons (Fsp3) is 0.364. The SMILES string of the molecule is CCCCNC(=O)[C@H](C)N(Cc1ccc(Cl)c(Cl)c1)C(=O)COc1ccccc1F. The molecular weight excluding hydrogens is 430 g/mol. The highest BCUT2D eigenvalue weighted by Gasteiger charge is 2.26. The number of rotatable bonds is 10. The van der Waals surface area contributed by atoms with Crippen molar-refractivity contribution < 1.29 is 18.7 Å². The van der Waals surface area contributed by atoms with Crippen molar-refractivity contribution in [3.05, 3.63) is 63.9 Å². The van der Waals surface area contributed by atoms with E-state index in [-0.39, 0.29) is 18.2 Å². The summed E-state index contributed by atoms with van der Waals surface area (Å²) >= 11 is 12.0. The lowest BCUT2D eigenvalue weighted by Crippen LogP contribution is -2.49. The van der Waals surface area contributed by atoms with Crippen LogP contribution >= 0.6 is 23.2 Å². The van der Waals surface area contributed by atoms with Crippen LogP contribution in [0.3, 0.4) is 0 Å². The smallest absolute Gasteiger partial charge is 0.261 e. The van der Waals surface area contributed by atoms with Crippen molar-refractivity contribution in [2.45, 2.75) is 39.3 Å². The lowest BCUT2D eigenvalue weighted by molar-refractivity contribution is -0.142. The number of nitrogens with one attached hydrogen (secondary N) is 1. The fourth-order valence-electron chi connectivity index (χ4n) is 2.74. The van der Waals surface area contributed by atoms with Crippen LogP contribution in [0.2, 0.25) is 10.0 Å². The van der Waals surface area contributed by atoms with Gasteiger partial charge in [-0.1, -0.05) is 54.7 Å². The zero-order valence-corrected chi connectivity index (χ0v) is 18.5. The lowest BCUT2D eigenvalue weighted by Gasteiger charge is -2.29. The molecular formula is C22H25Cl2FN2O3. The van der Waals surface area contributed by atoms with Gasteiger partial charge in [-0.2, -0.15) is 0 Å². The first kappa shape index (κ1) is 24.0. The maximum absolute atomic E-state index is 13.8. The molecule has 0 aliphatic carbocycles. The number of unbranched alkanes of at least 4 members (excludes halogenated alkanes) is 1. The second-order valence-corrected chi connectivity index (χ2v) is 7.62. The Morgan fingerprint density at radius 1 is 1.17 bits per heavy atom. The quantitative estimate of drug-likeness (QED) is 0.522. The minimum Gasteiger partial charge on any atom is -0.481 e. The summed E-state index contributed by atoms with van der Waals surface area (Å²) < 4.78 is 19.1. The molecule has 0 saturated heterocycles. The summed E-state index contributed by atoms with van der Waals surface area (Å²) in [5.41, 5.74) is 0.705. The molecule has 0 heterocycles. The van der Waals surface area contributed by atoms with Gasteiger partial charge in [0.15, 0.2) is 18.2 Å². The number of carbonyl (C=O) groups excluding carboxylic acids is 2. The van der Waals surface area contributed by atoms with Crippen molar-refractivity contribution in [1.82, 2.24) is 10.2 Å². The van der Waals surface area contributed by atoms with E-state index < -0.39 is 24.4 Å². The highest BCUT2D eigenvalue weighted by molar-refractivity contribution is 6.42. The van der Waals surface area contributed by atoms with Crippen LogP contribution in [0, 0.1) is 5.82 Å². The number of nitrogens with zero attached hydrogens (tertiary/aromatic N) is 1. The molecule has 2 aromatic rings. The van der Waals surface area contributed by atoms with E-state index in [9.17, 15) is 14.0 Å². The Balaban J connectivity index is 2.15. The van der Waals surface area contributed by atoms with Crippen LogP contribution in [0.25, 0.3) is 0 Å². The summed E-state index contributed by atoms with van der Waals surface area (Å²) in [6.07, 6.45) is 1.78. The minimum absolute atomic E-state index is 0.0274. The van der Waals surface area contributed by atoms with Gasteiger partial charge in [-0.15, -0.1) is 0 Å². The van der Waals surface area contributed by atoms with Gasteiger partial charge in [0.2, 0.25) is 5.91 Å². The van der Waals surface area contributed by atoms with Crippen molar-refractivity contribution in [2.75, 3.05) is 13.2 Å². The number of amides is 2. The van der Waals surface area contributed by atoms with Crippen LogP contribution in [-0.4, -0.2) is 35.9 Å². The van der Waals surface area contributed by atoms with Crippen molar-refractivity contribution in [2.24, 2.45) is 0 Å². The molecule has 0 radical (unpaired) electrons. The normalized spacial score (nSPS) is 11.6. The molecule has 2 rings (SSSR count). The number of ether oxygens (including phenoxy) is 1. The third-order valence-electron chi connectivity index (χ3n) is 4.52. The van der Waals surface area contributed by atoms with E-state index in [0.717, 1.165) is 12.8 Å². The molecule has 2 amide bonds. The van der Waals surface area contributed by atoms with Gasteiger partial charge in [0.05, 0.1) is 10.0 Å². The van der Waals surface area contributed by atoms with E-state index >= 15 is 0 Å². The maximum atomic E-state index is 13.8. The molecule has 0 bridgehead atoms. The zero-order chi connectivity index (χ0) is 22.1. The molecule has 162 valence electrons. The highest BCUT2D eigenvalue weighted by atomic mass is 35.5. The van der Waals surface area contributed by atoms with E-state index in [1.54, 1.807) is 31.2 Å². The van der Waals surface area contributed by atoms with Crippen LogP contribution in [0.5, 0.6) is 5.75 Å². The first-order valence-electron chi connectivity index (χ1n) is 9.72. The van der Waals surface area contributed by atoms with Gasteiger partial charge in [-0.3, -0.25) is 9.59 Å². The predicted molar refractivity (Wildman–Crippen MR) is 116 cm³/mol. The average Bonchev–Trinajstić information content (AvgIpc) is 2.73. The van der Waals surface area contributed by atoms with E-state index in [1.807, 2.05) is 6.92 Å². The molecule has 0 aliphatic rings. The first-order chi connectivity index (χ1) is 14.3. The van der Waals surface area contributed by atoms with Gasteiger partial charge >= 0.3 is 0 Å². The van der Waals surface area contributed by atoms with E-state index in [4.69, 9.17) is 27.9 Å². The van der Waals surface area contributed by atoms with E-state index in [2.05, 4.69) is 5.32 Å². The van der Waals surface area contributed by atoms with Crippen molar-refractivity contribution in [1.29, 1.82) is 0 Å². The largest absolute Gasteiger partial charge is 0.481 e. The second-order valence-electron chi connectivity index (χ2n) is 6.81. The number of para-hydroxylation sites is 1. The van der Waals surface area contributed by atoms with Gasteiger partial charge in [-0.05, 0) is 43.2 Å². The molecule has 0 aliphatic heterocycles. The molecule has 0 aromatic heterocycles. The Hall–Kier alpha value is -2.31. The molecule has 0 unspecified atom stereocenters. The molecule has 5 nitrogen and oxygen atoms in total. The summed E-state index contributed by atoms with van der Waals surface area (Å²) in [5, 5.41) is 3.57. The third kappa shape index (κ3) is 6.89. The number of hydrogen-bond acceptors (Lipinski definition) is 3. The Bertz CT molecular complexity index is 879. The standard InChI is InChI=1S/C22H25Cl2FN2O3/c1-3-4-11-26-22(29)15(2)27(13-16-9-10-17(23)18(24)12-16)21(28)14-30-20-8-6-5-7-19(20)25/h5-10,12,15H,3-4,11,13-14H2,1-2H3,(H,26,29)/t15-/m0/s1. The zero-order valence-electron chi connectivity index (χ0n) is 17.0. The average molecular weight is 455 g/mol. The number of halogens is 3. The highest BCUT2D eigenvalue weighted by Crippen LogP contribution is 2.24. The van der Waals surface area contributed by atoms with Gasteiger partial charge < -0.3 is 15.0 Å². The van der Waals surface area contributed by atoms with Crippen molar-refractivity contribution in [3.63, 3.8) is 0 Å². The molecule has 0 spiro atoms. The maximum Gasteiger partial charge on any atom is 0.261 e. The summed E-state index contributed by atoms with van der Waals surface area (Å²) in [4.78, 5) is 26.8. The van der Waals surface area contributed by atoms with E-state index in [0.29, 0.717) is 22.2 Å². The third-order valence-corrected chi connectivity index (χ3v) is 5.26. The summed E-state index contributed by atoms with van der Waals surface area (Å²) in [7, 11) is 0. The van der Waals surface area contributed by atoms with Crippen LogP contribution in [-0.2, 0) is 16.1 Å². The molecule has 0 fully saturated rings. The molecule has 2 aromatic carbocycles. The molecule has 1 atom stereocenters. The first-order valence-corrected chi connectivity index (χ1v) is 10.5. The van der Waals surface area contributed by atoms with Crippen LogP contribution in [0.15, 0.2) is 42.5 Å². The Labute approximate surface area is 186 Å². The van der Waals surface area contributed by atoms with Crippen LogP contribution in [0.1, 0.15) is 32.3 Å². The van der Waals surface area contributed by atoms with E-state index in [1.165, 1.54) is 23.1 Å². The fourth-order valence-corrected chi connectivity index (χ4v) is 3.06. The minimum atomic E-state index is -0.756. The number of hydrogen-bond donors (Lipinski definition) is 1. The van der Waals surface area contributed by atoms with Gasteiger partial charge in [-0.25, -0.2) is 4.39 Å². The lowest BCUT2D eigenvalue weighted by atomic mass is 10.1. The van der Waals surface area contributed by atoms with Gasteiger partial charge in [0.1, 0.15) is 6.04 Å². The topological polar surface area (TPSA) is 58.6 Å². The van der Waals surface area contributed by atoms with Gasteiger partial charge in [0, 0.05) is 13.1 Å². The van der Waals surface area contributed by atoms with Crippen molar-refractivity contribution >= 4 is 35.0 Å². The molecule has 8 heteroatoms. The predicted octanol–water partition coefficient (Wildman–Crippen LogP) is 4.84. The summed E-state index contributed by atoms with van der Waals surface area (Å²) in [6.45, 7) is 3.91. The number of carbonyl (C=O) groups is 2. The van der Waals surface area contributed by atoms with Crippen LogP contribution in [0.4, 0.5) is 4.39 Å². The second kappa shape index (κ2) is 11.8. The Morgan fingerprint density at radius 2 is 1.90 bits per heavy atom. The Morgan fingerprint density at radius 3 is 2.57 bits per heavy atom.